The molecule has 0 heterocycles. The molecule has 0 aliphatic carbocycles. The molecule has 0 amide bonds. The van der Waals surface area contributed by atoms with Crippen LogP contribution in [0.2, 0.25) is 5.02 Å². The number of ether oxygens (including phenoxy) is 2. The highest BCUT2D eigenvalue weighted by Gasteiger charge is 2.16. The predicted molar refractivity (Wildman–Crippen MR) is 91.1 cm³/mol. The molecular weight excluding hydrogens is 317 g/mol. The Balaban J connectivity index is 2.27. The van der Waals surface area contributed by atoms with Crippen molar-refractivity contribution < 1.29 is 13.9 Å². The van der Waals surface area contributed by atoms with E-state index < -0.39 is 0 Å². The van der Waals surface area contributed by atoms with E-state index >= 15 is 0 Å². The van der Waals surface area contributed by atoms with Gasteiger partial charge in [0.25, 0.3) is 0 Å². The average molecular weight is 338 g/mol. The minimum Gasteiger partial charge on any atom is -0.493 e. The third-order valence-electron chi connectivity index (χ3n) is 3.69. The van der Waals surface area contributed by atoms with Crippen LogP contribution in [-0.2, 0) is 6.42 Å². The molecule has 5 heteroatoms. The lowest BCUT2D eigenvalue weighted by molar-refractivity contribution is 0.311. The number of hydrogen-bond donors (Lipinski definition) is 1. The lowest BCUT2D eigenvalue weighted by atomic mass is 9.92. The Labute approximate surface area is 141 Å². The molecule has 0 spiro atoms. The van der Waals surface area contributed by atoms with Gasteiger partial charge >= 0.3 is 0 Å². The van der Waals surface area contributed by atoms with Gasteiger partial charge in [0.05, 0.1) is 18.7 Å². The molecule has 0 radical (unpaired) electrons. The summed E-state index contributed by atoms with van der Waals surface area (Å²) in [4.78, 5) is 0. The van der Waals surface area contributed by atoms with Crippen LogP contribution in [0.25, 0.3) is 0 Å². The monoisotopic (exact) mass is 337 g/mol. The molecule has 2 rings (SSSR count). The summed E-state index contributed by atoms with van der Waals surface area (Å²) in [6.07, 6.45) is 0.685. The van der Waals surface area contributed by atoms with Crippen molar-refractivity contribution in [2.45, 2.75) is 19.3 Å². The second kappa shape index (κ2) is 8.18. The molecule has 2 aromatic carbocycles. The Morgan fingerprint density at radius 3 is 2.48 bits per heavy atom. The highest BCUT2D eigenvalue weighted by atomic mass is 35.5. The quantitative estimate of drug-likeness (QED) is 0.824. The molecule has 0 aliphatic heterocycles. The van der Waals surface area contributed by atoms with Gasteiger partial charge in [-0.3, -0.25) is 0 Å². The Morgan fingerprint density at radius 2 is 1.91 bits per heavy atom. The van der Waals surface area contributed by atoms with Crippen LogP contribution in [0.3, 0.4) is 0 Å². The molecular formula is C18H21ClFNO2. The van der Waals surface area contributed by atoms with Crippen molar-refractivity contribution in [1.29, 1.82) is 0 Å². The Morgan fingerprint density at radius 1 is 1.22 bits per heavy atom. The normalized spacial score (nSPS) is 12.0. The van der Waals surface area contributed by atoms with E-state index in [2.05, 4.69) is 0 Å². The van der Waals surface area contributed by atoms with Crippen molar-refractivity contribution in [2.75, 3.05) is 20.3 Å². The third kappa shape index (κ3) is 4.36. The molecule has 1 unspecified atom stereocenters. The lowest BCUT2D eigenvalue weighted by Gasteiger charge is -2.18. The van der Waals surface area contributed by atoms with Crippen LogP contribution < -0.4 is 15.2 Å². The van der Waals surface area contributed by atoms with Gasteiger partial charge in [-0.05, 0) is 55.3 Å². The smallest absolute Gasteiger partial charge is 0.179 e. The number of methoxy groups -OCH3 is 1. The summed E-state index contributed by atoms with van der Waals surface area (Å²) in [5.41, 5.74) is 7.89. The van der Waals surface area contributed by atoms with E-state index in [0.717, 1.165) is 11.1 Å². The van der Waals surface area contributed by atoms with Crippen molar-refractivity contribution in [3.05, 3.63) is 58.4 Å². The van der Waals surface area contributed by atoms with E-state index in [0.29, 0.717) is 36.1 Å². The Bertz CT molecular complexity index is 646. The van der Waals surface area contributed by atoms with Gasteiger partial charge in [0.2, 0.25) is 0 Å². The van der Waals surface area contributed by atoms with Crippen molar-refractivity contribution in [3.8, 4) is 11.5 Å². The highest BCUT2D eigenvalue weighted by Crippen LogP contribution is 2.37. The zero-order chi connectivity index (χ0) is 16.8. The van der Waals surface area contributed by atoms with Crippen molar-refractivity contribution >= 4 is 11.6 Å². The average Bonchev–Trinajstić information content (AvgIpc) is 2.55. The number of nitrogens with two attached hydrogens (primary N) is 1. The first-order valence-electron chi connectivity index (χ1n) is 7.53. The Hall–Kier alpha value is -1.78. The van der Waals surface area contributed by atoms with Gasteiger partial charge in [-0.1, -0.05) is 23.7 Å². The second-order valence-corrected chi connectivity index (χ2v) is 5.64. The second-order valence-electron chi connectivity index (χ2n) is 5.23. The third-order valence-corrected chi connectivity index (χ3v) is 3.97. The van der Waals surface area contributed by atoms with E-state index in [9.17, 15) is 4.39 Å². The first kappa shape index (κ1) is 17.6. The minimum atomic E-state index is -0.254. The molecule has 0 fully saturated rings. The fourth-order valence-corrected chi connectivity index (χ4v) is 2.82. The maximum Gasteiger partial charge on any atom is 0.179 e. The number of rotatable bonds is 7. The van der Waals surface area contributed by atoms with Crippen LogP contribution >= 0.6 is 11.6 Å². The molecule has 0 aromatic heterocycles. The summed E-state index contributed by atoms with van der Waals surface area (Å²) in [6.45, 7) is 2.86. The van der Waals surface area contributed by atoms with Gasteiger partial charge in [0.15, 0.2) is 11.5 Å². The van der Waals surface area contributed by atoms with E-state index in [1.807, 2.05) is 19.1 Å². The van der Waals surface area contributed by atoms with Crippen LogP contribution in [0.4, 0.5) is 4.39 Å². The van der Waals surface area contributed by atoms with Crippen LogP contribution in [0, 0.1) is 5.82 Å². The molecule has 0 bridgehead atoms. The highest BCUT2D eigenvalue weighted by molar-refractivity contribution is 6.32. The lowest BCUT2D eigenvalue weighted by Crippen LogP contribution is -2.15. The summed E-state index contributed by atoms with van der Waals surface area (Å²) in [6, 6.07) is 10.2. The van der Waals surface area contributed by atoms with Crippen molar-refractivity contribution in [2.24, 2.45) is 5.73 Å². The van der Waals surface area contributed by atoms with E-state index in [4.69, 9.17) is 26.8 Å². The van der Waals surface area contributed by atoms with Gasteiger partial charge in [0.1, 0.15) is 5.82 Å². The molecule has 0 saturated heterocycles. The zero-order valence-corrected chi connectivity index (χ0v) is 14.1. The summed E-state index contributed by atoms with van der Waals surface area (Å²) >= 11 is 6.30. The standard InChI is InChI=1S/C18H21ClFNO2/c1-3-23-18-16(19)9-12(10-17(18)22-2)8-14(11-21)13-4-6-15(20)7-5-13/h4-7,9-10,14H,3,8,11,21H2,1-2H3. The molecule has 0 saturated carbocycles. The van der Waals surface area contributed by atoms with Crippen molar-refractivity contribution in [3.63, 3.8) is 0 Å². The fourth-order valence-electron chi connectivity index (χ4n) is 2.53. The minimum absolute atomic E-state index is 0.0781. The molecule has 2 aromatic rings. The largest absolute Gasteiger partial charge is 0.493 e. The summed E-state index contributed by atoms with van der Waals surface area (Å²) in [5.74, 6) is 0.973. The maximum absolute atomic E-state index is 13.1. The van der Waals surface area contributed by atoms with Gasteiger partial charge in [-0.25, -0.2) is 4.39 Å². The number of benzene rings is 2. The van der Waals surface area contributed by atoms with Gasteiger partial charge in [-0.2, -0.15) is 0 Å². The van der Waals surface area contributed by atoms with Gasteiger partial charge in [0, 0.05) is 5.92 Å². The number of hydrogen-bond acceptors (Lipinski definition) is 3. The van der Waals surface area contributed by atoms with Crippen LogP contribution in [0.5, 0.6) is 11.5 Å². The first-order valence-corrected chi connectivity index (χ1v) is 7.91. The molecule has 1 atom stereocenters. The van der Waals surface area contributed by atoms with Gasteiger partial charge < -0.3 is 15.2 Å². The molecule has 23 heavy (non-hydrogen) atoms. The molecule has 3 nitrogen and oxygen atoms in total. The van der Waals surface area contributed by atoms with E-state index in [-0.39, 0.29) is 11.7 Å². The van der Waals surface area contributed by atoms with E-state index in [1.165, 1.54) is 12.1 Å². The van der Waals surface area contributed by atoms with Crippen LogP contribution in [0.15, 0.2) is 36.4 Å². The van der Waals surface area contributed by atoms with Crippen LogP contribution in [0.1, 0.15) is 24.0 Å². The SMILES string of the molecule is CCOc1c(Cl)cc(CC(CN)c2ccc(F)cc2)cc1OC. The fraction of sp³-hybridized carbons (Fsp3) is 0.333. The van der Waals surface area contributed by atoms with Gasteiger partial charge in [-0.15, -0.1) is 0 Å². The zero-order valence-electron chi connectivity index (χ0n) is 13.3. The first-order chi connectivity index (χ1) is 11.1. The Kier molecular flexibility index (Phi) is 6.25. The summed E-state index contributed by atoms with van der Waals surface area (Å²) in [5, 5.41) is 0.510. The molecule has 0 aliphatic rings. The predicted octanol–water partition coefficient (Wildman–Crippen LogP) is 4.17. The maximum atomic E-state index is 13.1. The molecule has 2 N–H and O–H groups in total. The van der Waals surface area contributed by atoms with E-state index in [1.54, 1.807) is 19.2 Å². The number of halogens is 2. The molecule has 124 valence electrons. The summed E-state index contributed by atoms with van der Waals surface area (Å²) < 4.78 is 24.0. The van der Waals surface area contributed by atoms with Crippen molar-refractivity contribution in [1.82, 2.24) is 0 Å². The summed E-state index contributed by atoms with van der Waals surface area (Å²) in [7, 11) is 1.58. The topological polar surface area (TPSA) is 44.5 Å². The van der Waals surface area contributed by atoms with Crippen LogP contribution in [-0.4, -0.2) is 20.3 Å².